The van der Waals surface area contributed by atoms with Gasteiger partial charge >= 0.3 is 0 Å². The van der Waals surface area contributed by atoms with Crippen LogP contribution in [0.5, 0.6) is 0 Å². The molecular formula is C52H84N2P4Pd2+2. The number of hydrogen-bond donors (Lipinski definition) is 0. The monoisotopic (exact) mass is 1070 g/mol. The van der Waals surface area contributed by atoms with Gasteiger partial charge in [-0.15, -0.1) is 0 Å². The van der Waals surface area contributed by atoms with Gasteiger partial charge in [-0.1, -0.05) is 71.3 Å². The van der Waals surface area contributed by atoms with Crippen molar-refractivity contribution in [2.45, 2.75) is 184 Å². The van der Waals surface area contributed by atoms with Crippen LogP contribution in [0.1, 0.15) is 133 Å². The van der Waals surface area contributed by atoms with Crippen LogP contribution >= 0.6 is 31.7 Å². The van der Waals surface area contributed by atoms with Crippen LogP contribution in [-0.2, 0) is 40.8 Å². The quantitative estimate of drug-likeness (QED) is 0.0790. The van der Waals surface area contributed by atoms with Crippen LogP contribution in [0.2, 0.25) is 0 Å². The van der Waals surface area contributed by atoms with Crippen LogP contribution in [0, 0.1) is 27.7 Å². The second kappa shape index (κ2) is 26.5. The summed E-state index contributed by atoms with van der Waals surface area (Å²) in [5.74, 6) is 0. The van der Waals surface area contributed by atoms with E-state index >= 15 is 0 Å². The molecule has 2 nitrogen and oxygen atoms in total. The first-order valence-electron chi connectivity index (χ1n) is 22.4. The van der Waals surface area contributed by atoms with Crippen molar-refractivity contribution in [3.63, 3.8) is 0 Å². The van der Waals surface area contributed by atoms with Crippen LogP contribution in [0.4, 0.5) is 22.7 Å². The van der Waals surface area contributed by atoms with E-state index in [4.69, 9.17) is 10.6 Å². The third-order valence-corrected chi connectivity index (χ3v) is 25.4. The Hall–Kier alpha value is -0.475. The summed E-state index contributed by atoms with van der Waals surface area (Å²) in [6.07, 6.45) is 0. The van der Waals surface area contributed by atoms with E-state index in [1.807, 2.05) is 0 Å². The average Bonchev–Trinajstić information content (AvgIpc) is 3.08. The summed E-state index contributed by atoms with van der Waals surface area (Å²) >= 11 is 0. The summed E-state index contributed by atoms with van der Waals surface area (Å²) in [5, 5.41) is 16.7. The molecule has 0 aliphatic heterocycles. The molecule has 0 amide bonds. The molecule has 340 valence electrons. The number of nitrogens with zero attached hydrogens (tertiary/aromatic N) is 2. The van der Waals surface area contributed by atoms with Gasteiger partial charge in [-0.25, -0.2) is 0 Å². The summed E-state index contributed by atoms with van der Waals surface area (Å²) in [4.78, 5) is 0. The standard InChI is InChI=1S/2C26H40NP2.2Pd/c2*1-17(2)28(18(3)4)25-15-21(9)11-13-23(25)27-24-14-12-22(10)16-26(24)29(19(5)6)20(7)8;;/h2*11-20H,1-10H3;;/q2*-1;;/p+4. The Balaban J connectivity index is 0.000000581. The van der Waals surface area contributed by atoms with Crippen LogP contribution < -0.4 is 21.2 Å². The molecule has 0 N–H and O–H groups in total. The van der Waals surface area contributed by atoms with Crippen LogP contribution in [0.3, 0.4) is 0 Å². The molecule has 0 aliphatic rings. The molecule has 0 saturated carbocycles. The minimum absolute atomic E-state index is 0. The Morgan fingerprint density at radius 1 is 0.283 bits per heavy atom. The van der Waals surface area contributed by atoms with Gasteiger partial charge in [0.2, 0.25) is 0 Å². The largest absolute Gasteiger partial charge is 0.651 e. The maximum atomic E-state index is 5.35. The van der Waals surface area contributed by atoms with Gasteiger partial charge in [0, 0.05) is 72.5 Å². The van der Waals surface area contributed by atoms with Gasteiger partial charge in [0.15, 0.2) is 0 Å². The minimum Gasteiger partial charge on any atom is -0.651 e. The first-order valence-corrected chi connectivity index (χ1v) is 29.0. The third-order valence-electron chi connectivity index (χ3n) is 11.3. The molecule has 0 fully saturated rings. The van der Waals surface area contributed by atoms with Gasteiger partial charge in [-0.2, -0.15) is 0 Å². The Morgan fingerprint density at radius 3 is 0.567 bits per heavy atom. The third kappa shape index (κ3) is 15.9. The van der Waals surface area contributed by atoms with Crippen LogP contribution in [-0.4, -0.2) is 45.3 Å². The molecule has 0 unspecified atom stereocenters. The Bertz CT molecular complexity index is 1600. The molecule has 8 heteroatoms. The Kier molecular flexibility index (Phi) is 25.4. The van der Waals surface area contributed by atoms with Gasteiger partial charge in [0.1, 0.15) is 0 Å². The smallest absolute Gasteiger partial charge is 0.0777 e. The first kappa shape index (κ1) is 57.5. The summed E-state index contributed by atoms with van der Waals surface area (Å²) in [6.45, 7) is 47.0. The van der Waals surface area contributed by atoms with Crippen LogP contribution in [0.25, 0.3) is 10.6 Å². The summed E-state index contributed by atoms with van der Waals surface area (Å²) in [5.41, 5.74) is 15.7. The fourth-order valence-electron chi connectivity index (χ4n) is 9.33. The molecule has 0 radical (unpaired) electrons. The zero-order chi connectivity index (χ0) is 43.8. The van der Waals surface area contributed by atoms with Gasteiger partial charge in [-0.3, -0.25) is 0 Å². The normalized spacial score (nSPS) is 11.9. The SMILES string of the molecule is Cc1ccc([N-]c2ccc(C)cc2[PH+](C(C)C)C(C)C)c([PH+](C(C)C)C(C)C)c1.Cc1ccc([N-]c2ccc(C)cc2[PH+](C(C)C)C(C)C)c([PH+](C(C)C)C(C)C)c1.[Pd].[Pd]. The second-order valence-electron chi connectivity index (χ2n) is 19.4. The van der Waals surface area contributed by atoms with Crippen molar-refractivity contribution >= 4 is 75.7 Å². The molecule has 60 heavy (non-hydrogen) atoms. The van der Waals surface area contributed by atoms with E-state index < -0.39 is 31.7 Å². The number of benzene rings is 4. The van der Waals surface area contributed by atoms with Gasteiger partial charge in [0.05, 0.1) is 66.5 Å². The zero-order valence-corrected chi connectivity index (χ0v) is 48.2. The maximum absolute atomic E-state index is 5.35. The van der Waals surface area contributed by atoms with Gasteiger partial charge in [0.25, 0.3) is 0 Å². The van der Waals surface area contributed by atoms with Gasteiger partial charge < -0.3 is 10.6 Å². The van der Waals surface area contributed by atoms with E-state index in [0.717, 1.165) is 0 Å². The van der Waals surface area contributed by atoms with E-state index in [9.17, 15) is 0 Å². The van der Waals surface area contributed by atoms with E-state index in [2.05, 4.69) is 211 Å². The number of rotatable bonds is 16. The van der Waals surface area contributed by atoms with Crippen molar-refractivity contribution in [2.75, 3.05) is 0 Å². The Labute approximate surface area is 402 Å². The van der Waals surface area contributed by atoms with E-state index in [-0.39, 0.29) is 40.8 Å². The molecule has 0 aromatic heterocycles. The van der Waals surface area contributed by atoms with Crippen molar-refractivity contribution < 1.29 is 40.8 Å². The van der Waals surface area contributed by atoms with Crippen molar-refractivity contribution in [3.8, 4) is 0 Å². The molecule has 0 saturated heterocycles. The Morgan fingerprint density at radius 2 is 0.433 bits per heavy atom. The predicted molar refractivity (Wildman–Crippen MR) is 283 cm³/mol. The summed E-state index contributed by atoms with van der Waals surface area (Å²) in [6, 6.07) is 27.6. The van der Waals surface area contributed by atoms with Crippen molar-refractivity contribution in [1.29, 1.82) is 0 Å². The van der Waals surface area contributed by atoms with E-state index in [1.54, 1.807) is 0 Å². The molecular weight excluding hydrogens is 989 g/mol. The number of hydrogen-bond acceptors (Lipinski definition) is 0. The topological polar surface area (TPSA) is 28.2 Å². The molecule has 4 aromatic rings. The molecule has 0 bridgehead atoms. The van der Waals surface area contributed by atoms with Crippen LogP contribution in [0.15, 0.2) is 72.8 Å². The molecule has 0 atom stereocenters. The minimum atomic E-state index is -0.685. The second-order valence-corrected chi connectivity index (χ2v) is 34.4. The predicted octanol–water partition coefficient (Wildman–Crippen LogP) is 15.9. The molecule has 0 spiro atoms. The van der Waals surface area contributed by atoms with Crippen molar-refractivity contribution in [3.05, 3.63) is 106 Å². The molecule has 4 aromatic carbocycles. The summed E-state index contributed by atoms with van der Waals surface area (Å²) < 4.78 is 0. The fraction of sp³-hybridized carbons (Fsp3) is 0.538. The number of aryl methyl sites for hydroxylation is 4. The first-order chi connectivity index (χ1) is 27.0. The molecule has 0 aliphatic carbocycles. The average molecular weight is 1070 g/mol. The van der Waals surface area contributed by atoms with E-state index in [0.29, 0.717) is 45.3 Å². The summed E-state index contributed by atoms with van der Waals surface area (Å²) in [7, 11) is -2.74. The van der Waals surface area contributed by atoms with Gasteiger partial charge in [-0.05, 0) is 185 Å². The fourth-order valence-corrected chi connectivity index (χ4v) is 23.0. The molecule has 4 rings (SSSR count). The maximum Gasteiger partial charge on any atom is 0.0777 e. The van der Waals surface area contributed by atoms with E-state index in [1.165, 1.54) is 66.2 Å². The zero-order valence-electron chi connectivity index (χ0n) is 41.1. The van der Waals surface area contributed by atoms with Crippen molar-refractivity contribution in [2.24, 2.45) is 0 Å². The molecule has 0 heterocycles. The van der Waals surface area contributed by atoms with Crippen molar-refractivity contribution in [1.82, 2.24) is 0 Å².